The van der Waals surface area contributed by atoms with Gasteiger partial charge >= 0.3 is 0 Å². The van der Waals surface area contributed by atoms with Gasteiger partial charge < -0.3 is 10.1 Å². The minimum absolute atomic E-state index is 0.496. The van der Waals surface area contributed by atoms with Gasteiger partial charge in [0.15, 0.2) is 5.11 Å². The van der Waals surface area contributed by atoms with Gasteiger partial charge in [0.2, 0.25) is 0 Å². The third kappa shape index (κ3) is 8.62. The molecule has 0 aliphatic heterocycles. The zero-order valence-corrected chi connectivity index (χ0v) is 14.4. The van der Waals surface area contributed by atoms with Crippen molar-refractivity contribution < 1.29 is 4.74 Å². The van der Waals surface area contributed by atoms with Gasteiger partial charge in [-0.1, -0.05) is 39.0 Å². The lowest BCUT2D eigenvalue weighted by Gasteiger charge is -2.06. The fourth-order valence-corrected chi connectivity index (χ4v) is 2.00. The number of hydrogen-bond donors (Lipinski definition) is 2. The van der Waals surface area contributed by atoms with Crippen molar-refractivity contribution in [1.29, 1.82) is 0 Å². The summed E-state index contributed by atoms with van der Waals surface area (Å²) in [4.78, 5) is 0. The molecule has 22 heavy (non-hydrogen) atoms. The second kappa shape index (κ2) is 12.0. The van der Waals surface area contributed by atoms with Crippen molar-refractivity contribution in [1.82, 2.24) is 10.7 Å². The molecule has 0 spiro atoms. The van der Waals surface area contributed by atoms with Crippen LogP contribution in [0.1, 0.15) is 51.0 Å². The van der Waals surface area contributed by atoms with Gasteiger partial charge in [0.1, 0.15) is 5.75 Å². The van der Waals surface area contributed by atoms with Crippen LogP contribution >= 0.6 is 12.2 Å². The van der Waals surface area contributed by atoms with Crippen molar-refractivity contribution in [2.45, 2.75) is 45.4 Å². The first-order valence-corrected chi connectivity index (χ1v) is 8.40. The monoisotopic (exact) mass is 321 g/mol. The maximum Gasteiger partial charge on any atom is 0.186 e. The number of unbranched alkanes of at least 4 members (excludes halogenated alkanes) is 5. The number of benzene rings is 1. The van der Waals surface area contributed by atoms with Gasteiger partial charge in [0, 0.05) is 7.05 Å². The third-order valence-corrected chi connectivity index (χ3v) is 3.55. The minimum Gasteiger partial charge on any atom is -0.494 e. The average Bonchev–Trinajstić information content (AvgIpc) is 2.55. The molecular weight excluding hydrogens is 294 g/mol. The summed E-state index contributed by atoms with van der Waals surface area (Å²) in [5, 5.41) is 7.32. The molecule has 0 saturated heterocycles. The van der Waals surface area contributed by atoms with Gasteiger partial charge in [-0.05, 0) is 48.5 Å². The summed E-state index contributed by atoms with van der Waals surface area (Å²) < 4.78 is 5.74. The highest BCUT2D eigenvalue weighted by Gasteiger charge is 1.95. The van der Waals surface area contributed by atoms with Gasteiger partial charge in [-0.2, -0.15) is 5.10 Å². The number of rotatable bonds is 10. The molecular formula is C17H27N3OS. The Morgan fingerprint density at radius 3 is 2.50 bits per heavy atom. The Kier molecular flexibility index (Phi) is 10.0. The largest absolute Gasteiger partial charge is 0.494 e. The number of hydrazone groups is 1. The predicted octanol–water partition coefficient (Wildman–Crippen LogP) is 3.85. The van der Waals surface area contributed by atoms with Crippen LogP contribution in [-0.2, 0) is 0 Å². The molecule has 0 amide bonds. The SMILES string of the molecule is CCCCCCCCOc1ccc(/C=N/NC(=S)NC)cc1. The van der Waals surface area contributed by atoms with Crippen molar-refractivity contribution in [3.05, 3.63) is 29.8 Å². The fourth-order valence-electron chi connectivity index (χ4n) is 1.94. The van der Waals surface area contributed by atoms with E-state index in [-0.39, 0.29) is 0 Å². The Morgan fingerprint density at radius 1 is 1.14 bits per heavy atom. The molecule has 2 N–H and O–H groups in total. The highest BCUT2D eigenvalue weighted by Crippen LogP contribution is 2.12. The molecule has 0 heterocycles. The number of thiocarbonyl (C=S) groups is 1. The van der Waals surface area contributed by atoms with Crippen LogP contribution in [0.3, 0.4) is 0 Å². The van der Waals surface area contributed by atoms with E-state index >= 15 is 0 Å². The molecule has 0 aromatic heterocycles. The van der Waals surface area contributed by atoms with E-state index in [0.717, 1.165) is 24.3 Å². The van der Waals surface area contributed by atoms with E-state index in [2.05, 4.69) is 22.8 Å². The third-order valence-electron chi connectivity index (χ3n) is 3.25. The quantitative estimate of drug-likeness (QED) is 0.297. The van der Waals surface area contributed by atoms with Gasteiger partial charge in [-0.25, -0.2) is 0 Å². The Bertz CT molecular complexity index is 446. The van der Waals surface area contributed by atoms with Crippen molar-refractivity contribution in [3.8, 4) is 5.75 Å². The first-order valence-electron chi connectivity index (χ1n) is 8.00. The predicted molar refractivity (Wildman–Crippen MR) is 97.7 cm³/mol. The molecule has 1 rings (SSSR count). The summed E-state index contributed by atoms with van der Waals surface area (Å²) in [6.07, 6.45) is 9.39. The molecule has 5 heteroatoms. The minimum atomic E-state index is 0.496. The standard InChI is InChI=1S/C17H27N3OS/c1-3-4-5-6-7-8-13-21-16-11-9-15(10-12-16)14-19-20-17(22)18-2/h9-12,14H,3-8,13H2,1-2H3,(H2,18,20,22)/b19-14+. The van der Waals surface area contributed by atoms with Crippen molar-refractivity contribution >= 4 is 23.5 Å². The van der Waals surface area contributed by atoms with E-state index in [0.29, 0.717) is 5.11 Å². The van der Waals surface area contributed by atoms with Crippen LogP contribution in [0.25, 0.3) is 0 Å². The Labute approximate surface area is 139 Å². The molecule has 4 nitrogen and oxygen atoms in total. The summed E-state index contributed by atoms with van der Waals surface area (Å²) in [7, 11) is 1.75. The molecule has 122 valence electrons. The molecule has 0 radical (unpaired) electrons. The molecule has 1 aromatic rings. The van der Waals surface area contributed by atoms with Crippen LogP contribution in [0.2, 0.25) is 0 Å². The second-order valence-electron chi connectivity index (χ2n) is 5.13. The van der Waals surface area contributed by atoms with E-state index in [1.54, 1.807) is 13.3 Å². The van der Waals surface area contributed by atoms with Crippen molar-refractivity contribution in [3.63, 3.8) is 0 Å². The van der Waals surface area contributed by atoms with Crippen LogP contribution in [-0.4, -0.2) is 25.0 Å². The fraction of sp³-hybridized carbons (Fsp3) is 0.529. The average molecular weight is 321 g/mol. The van der Waals surface area contributed by atoms with Crippen LogP contribution in [0.4, 0.5) is 0 Å². The van der Waals surface area contributed by atoms with Gasteiger partial charge in [-0.15, -0.1) is 0 Å². The lowest BCUT2D eigenvalue weighted by atomic mass is 10.1. The van der Waals surface area contributed by atoms with Crippen LogP contribution in [0.15, 0.2) is 29.4 Å². The lowest BCUT2D eigenvalue weighted by molar-refractivity contribution is 0.304. The number of ether oxygens (including phenoxy) is 1. The van der Waals surface area contributed by atoms with Crippen LogP contribution < -0.4 is 15.5 Å². The van der Waals surface area contributed by atoms with Crippen molar-refractivity contribution in [2.24, 2.45) is 5.10 Å². The Morgan fingerprint density at radius 2 is 1.82 bits per heavy atom. The molecule has 0 aliphatic rings. The topological polar surface area (TPSA) is 45.6 Å². The van der Waals surface area contributed by atoms with E-state index < -0.39 is 0 Å². The summed E-state index contributed by atoms with van der Waals surface area (Å²) >= 11 is 4.93. The second-order valence-corrected chi connectivity index (χ2v) is 5.54. The smallest absolute Gasteiger partial charge is 0.186 e. The molecule has 0 unspecified atom stereocenters. The van der Waals surface area contributed by atoms with Crippen LogP contribution in [0, 0.1) is 0 Å². The molecule has 1 aromatic carbocycles. The Balaban J connectivity index is 2.20. The Hall–Kier alpha value is -1.62. The summed E-state index contributed by atoms with van der Waals surface area (Å²) in [6, 6.07) is 7.89. The summed E-state index contributed by atoms with van der Waals surface area (Å²) in [5.74, 6) is 0.907. The number of nitrogens with one attached hydrogen (secondary N) is 2. The number of nitrogens with zero attached hydrogens (tertiary/aromatic N) is 1. The van der Waals surface area contributed by atoms with Crippen molar-refractivity contribution in [2.75, 3.05) is 13.7 Å². The molecule has 0 aliphatic carbocycles. The van der Waals surface area contributed by atoms with Gasteiger partial charge in [-0.3, -0.25) is 5.43 Å². The van der Waals surface area contributed by atoms with Crippen LogP contribution in [0.5, 0.6) is 5.75 Å². The number of hydrogen-bond acceptors (Lipinski definition) is 3. The normalized spacial score (nSPS) is 10.6. The lowest BCUT2D eigenvalue weighted by Crippen LogP contribution is -2.28. The zero-order chi connectivity index (χ0) is 16.0. The molecule has 0 bridgehead atoms. The molecule has 0 saturated carbocycles. The van der Waals surface area contributed by atoms with E-state index in [1.165, 1.54) is 32.1 Å². The zero-order valence-electron chi connectivity index (χ0n) is 13.6. The molecule has 0 fully saturated rings. The van der Waals surface area contributed by atoms with Gasteiger partial charge in [0.05, 0.1) is 12.8 Å². The van der Waals surface area contributed by atoms with E-state index in [4.69, 9.17) is 17.0 Å². The maximum absolute atomic E-state index is 5.74. The first kappa shape index (κ1) is 18.4. The molecule has 0 atom stereocenters. The summed E-state index contributed by atoms with van der Waals surface area (Å²) in [6.45, 7) is 3.03. The maximum atomic E-state index is 5.74. The van der Waals surface area contributed by atoms with E-state index in [1.807, 2.05) is 24.3 Å². The van der Waals surface area contributed by atoms with E-state index in [9.17, 15) is 0 Å². The first-order chi connectivity index (χ1) is 10.8. The summed E-state index contributed by atoms with van der Waals surface area (Å²) in [5.41, 5.74) is 3.72. The van der Waals surface area contributed by atoms with Gasteiger partial charge in [0.25, 0.3) is 0 Å². The highest BCUT2D eigenvalue weighted by atomic mass is 32.1. The highest BCUT2D eigenvalue weighted by molar-refractivity contribution is 7.80.